The van der Waals surface area contributed by atoms with Crippen LogP contribution in [-0.2, 0) is 5.41 Å². The lowest BCUT2D eigenvalue weighted by Gasteiger charge is -2.32. The third kappa shape index (κ3) is 3.85. The molecule has 270 valence electrons. The van der Waals surface area contributed by atoms with E-state index >= 15 is 0 Å². The number of hydrogen-bond donors (Lipinski definition) is 0. The van der Waals surface area contributed by atoms with Crippen LogP contribution in [0.4, 0.5) is 0 Å². The second kappa shape index (κ2) is 11.3. The van der Waals surface area contributed by atoms with Crippen molar-refractivity contribution < 1.29 is 0 Å². The molecule has 1 spiro atoms. The number of rotatable bonds is 2. The lowest BCUT2D eigenvalue weighted by molar-refractivity contribution is 0.809. The summed E-state index contributed by atoms with van der Waals surface area (Å²) in [5.74, 6) is 0. The van der Waals surface area contributed by atoms with E-state index in [9.17, 15) is 0 Å². The molecule has 3 aliphatic carbocycles. The highest BCUT2D eigenvalue weighted by Gasteiger charge is 2.53. The molecule has 0 heterocycles. The summed E-state index contributed by atoms with van der Waals surface area (Å²) < 4.78 is 0. The summed E-state index contributed by atoms with van der Waals surface area (Å²) in [6.07, 6.45) is 0. The first-order valence-electron chi connectivity index (χ1n) is 20.8. The molecule has 0 fully saturated rings. The van der Waals surface area contributed by atoms with E-state index in [0.29, 0.717) is 0 Å². The number of fused-ring (bicyclic) bond motifs is 20. The molecular formula is C59H34. The highest BCUT2D eigenvalue weighted by Crippen LogP contribution is 2.66. The SMILES string of the molecule is c1ccc(-c2ccc3c4c(cccc24)-c2ccccc2-3)c(-c2ccc3c4c(c5ccccc5c3c2)-c2ccc3ccccc3c2C42c3ccccc3-c3ccccc32)c1. The molecule has 0 unspecified atom stereocenters. The first-order valence-corrected chi connectivity index (χ1v) is 20.8. The van der Waals surface area contributed by atoms with Gasteiger partial charge in [-0.2, -0.15) is 0 Å². The van der Waals surface area contributed by atoms with E-state index in [1.807, 2.05) is 0 Å². The fraction of sp³-hybridized carbons (Fsp3) is 0.0169. The number of benzene rings is 11. The molecule has 0 radical (unpaired) electrons. The third-order valence-electron chi connectivity index (χ3n) is 14.0. The molecule has 59 heavy (non-hydrogen) atoms. The molecule has 0 aromatic heterocycles. The van der Waals surface area contributed by atoms with E-state index in [1.165, 1.54) is 132 Å². The summed E-state index contributed by atoms with van der Waals surface area (Å²) in [7, 11) is 0. The lowest BCUT2D eigenvalue weighted by atomic mass is 9.68. The van der Waals surface area contributed by atoms with Crippen molar-refractivity contribution in [1.82, 2.24) is 0 Å². The van der Waals surface area contributed by atoms with Crippen molar-refractivity contribution in [3.63, 3.8) is 0 Å². The Morgan fingerprint density at radius 3 is 1.53 bits per heavy atom. The van der Waals surface area contributed by atoms with Gasteiger partial charge in [-0.15, -0.1) is 0 Å². The molecule has 0 aliphatic heterocycles. The normalized spacial score (nSPS) is 13.6. The minimum Gasteiger partial charge on any atom is -0.0619 e. The average molecular weight is 743 g/mol. The largest absolute Gasteiger partial charge is 0.0737 e. The zero-order chi connectivity index (χ0) is 38.4. The van der Waals surface area contributed by atoms with Crippen LogP contribution in [0.25, 0.3) is 110 Å². The summed E-state index contributed by atoms with van der Waals surface area (Å²) in [5, 5.41) is 10.5. The van der Waals surface area contributed by atoms with Crippen LogP contribution in [0.1, 0.15) is 22.3 Å². The number of hydrogen-bond acceptors (Lipinski definition) is 0. The van der Waals surface area contributed by atoms with E-state index in [1.54, 1.807) is 0 Å². The van der Waals surface area contributed by atoms with E-state index < -0.39 is 5.41 Å². The van der Waals surface area contributed by atoms with Gasteiger partial charge in [0.25, 0.3) is 0 Å². The highest BCUT2D eigenvalue weighted by molar-refractivity contribution is 6.23. The average Bonchev–Trinajstić information content (AvgIpc) is 3.92. The Hall–Kier alpha value is -7.54. The Labute approximate surface area is 342 Å². The van der Waals surface area contributed by atoms with Crippen LogP contribution in [0, 0.1) is 0 Å². The molecule has 0 N–H and O–H groups in total. The van der Waals surface area contributed by atoms with Gasteiger partial charge in [-0.3, -0.25) is 0 Å². The topological polar surface area (TPSA) is 0 Å². The second-order valence-corrected chi connectivity index (χ2v) is 16.6. The van der Waals surface area contributed by atoms with Crippen molar-refractivity contribution in [2.45, 2.75) is 5.41 Å². The first kappa shape index (κ1) is 31.5. The standard InChI is InChI=1S/C59H34/c1-2-16-38-35(14-1)28-31-51-56-48-23-8-7-20-42(48)52-34-36(29-30-50(52)58(56)59(57(38)51)53-26-11-9-21-44(53)45-22-10-12-27-54(45)59)37-15-3-4-17-39(37)43-32-33-49-41-19-6-5-18-40(41)46-24-13-25-47(43)55(46)49/h1-34H. The summed E-state index contributed by atoms with van der Waals surface area (Å²) in [4.78, 5) is 0. The van der Waals surface area contributed by atoms with Gasteiger partial charge in [0.2, 0.25) is 0 Å². The van der Waals surface area contributed by atoms with Gasteiger partial charge in [0.05, 0.1) is 5.41 Å². The zero-order valence-electron chi connectivity index (χ0n) is 32.1. The molecular weight excluding hydrogens is 709 g/mol. The van der Waals surface area contributed by atoms with Gasteiger partial charge in [-0.05, 0) is 138 Å². The van der Waals surface area contributed by atoms with Crippen LogP contribution >= 0.6 is 0 Å². The van der Waals surface area contributed by atoms with Gasteiger partial charge < -0.3 is 0 Å². The van der Waals surface area contributed by atoms with Gasteiger partial charge in [0, 0.05) is 0 Å². The summed E-state index contributed by atoms with van der Waals surface area (Å²) in [6, 6.07) is 78.0. The van der Waals surface area contributed by atoms with Gasteiger partial charge in [0.15, 0.2) is 0 Å². The van der Waals surface area contributed by atoms with Crippen molar-refractivity contribution in [3.05, 3.63) is 229 Å². The van der Waals surface area contributed by atoms with Gasteiger partial charge in [-0.25, -0.2) is 0 Å². The Balaban J connectivity index is 1.08. The first-order chi connectivity index (χ1) is 29.3. The van der Waals surface area contributed by atoms with Gasteiger partial charge in [0.1, 0.15) is 0 Å². The van der Waals surface area contributed by atoms with E-state index in [-0.39, 0.29) is 0 Å². The van der Waals surface area contributed by atoms with Crippen LogP contribution in [0.5, 0.6) is 0 Å². The predicted molar refractivity (Wildman–Crippen MR) is 248 cm³/mol. The Morgan fingerprint density at radius 1 is 0.254 bits per heavy atom. The Morgan fingerprint density at radius 2 is 0.780 bits per heavy atom. The predicted octanol–water partition coefficient (Wildman–Crippen LogP) is 15.6. The molecule has 0 saturated heterocycles. The van der Waals surface area contributed by atoms with Crippen LogP contribution in [-0.4, -0.2) is 0 Å². The summed E-state index contributed by atoms with van der Waals surface area (Å²) in [6.45, 7) is 0. The van der Waals surface area contributed by atoms with E-state index in [4.69, 9.17) is 0 Å². The molecule has 14 rings (SSSR count). The quantitative estimate of drug-likeness (QED) is 0.155. The van der Waals surface area contributed by atoms with Gasteiger partial charge in [-0.1, -0.05) is 200 Å². The van der Waals surface area contributed by atoms with E-state index in [0.717, 1.165) is 0 Å². The minimum atomic E-state index is -0.483. The van der Waals surface area contributed by atoms with Crippen molar-refractivity contribution >= 4 is 43.1 Å². The fourth-order valence-electron chi connectivity index (χ4n) is 11.8. The van der Waals surface area contributed by atoms with Crippen LogP contribution in [0.3, 0.4) is 0 Å². The highest BCUT2D eigenvalue weighted by atomic mass is 14.5. The van der Waals surface area contributed by atoms with Crippen molar-refractivity contribution in [2.75, 3.05) is 0 Å². The van der Waals surface area contributed by atoms with Crippen LogP contribution < -0.4 is 0 Å². The third-order valence-corrected chi connectivity index (χ3v) is 14.0. The molecule has 0 amide bonds. The van der Waals surface area contributed by atoms with Crippen molar-refractivity contribution in [3.8, 4) is 66.8 Å². The zero-order valence-corrected chi connectivity index (χ0v) is 32.1. The Kier molecular flexibility index (Phi) is 6.05. The molecule has 0 saturated carbocycles. The molecule has 0 bridgehead atoms. The maximum absolute atomic E-state index is 2.49. The molecule has 11 aromatic carbocycles. The van der Waals surface area contributed by atoms with Crippen LogP contribution in [0.15, 0.2) is 206 Å². The lowest BCUT2D eigenvalue weighted by Crippen LogP contribution is -2.26. The van der Waals surface area contributed by atoms with E-state index in [2.05, 4.69) is 206 Å². The molecule has 3 aliphatic rings. The fourth-order valence-corrected chi connectivity index (χ4v) is 11.8. The summed E-state index contributed by atoms with van der Waals surface area (Å²) >= 11 is 0. The minimum absolute atomic E-state index is 0.483. The molecule has 0 atom stereocenters. The second-order valence-electron chi connectivity index (χ2n) is 16.6. The maximum Gasteiger partial charge on any atom is 0.0737 e. The molecule has 0 heteroatoms. The monoisotopic (exact) mass is 742 g/mol. The molecule has 0 nitrogen and oxygen atoms in total. The molecule has 11 aromatic rings. The smallest absolute Gasteiger partial charge is 0.0619 e. The van der Waals surface area contributed by atoms with Crippen molar-refractivity contribution in [1.29, 1.82) is 0 Å². The summed E-state index contributed by atoms with van der Waals surface area (Å²) in [5.41, 5.74) is 20.7. The van der Waals surface area contributed by atoms with Crippen molar-refractivity contribution in [2.24, 2.45) is 0 Å². The van der Waals surface area contributed by atoms with Crippen LogP contribution in [0.2, 0.25) is 0 Å². The Bertz CT molecular complexity index is 3600. The maximum atomic E-state index is 2.49. The van der Waals surface area contributed by atoms with Gasteiger partial charge >= 0.3 is 0 Å².